The average molecular weight is 362 g/mol. The van der Waals surface area contributed by atoms with Crippen molar-refractivity contribution in [3.8, 4) is 0 Å². The third-order valence-electron chi connectivity index (χ3n) is 4.92. The summed E-state index contributed by atoms with van der Waals surface area (Å²) in [4.78, 5) is 27.1. The Kier molecular flexibility index (Phi) is 4.36. The summed E-state index contributed by atoms with van der Waals surface area (Å²) in [5.41, 5.74) is 3.12. The van der Waals surface area contributed by atoms with Gasteiger partial charge in [-0.1, -0.05) is 30.3 Å². The number of benzene rings is 2. The molecule has 0 fully saturated rings. The second-order valence-corrected chi connectivity index (χ2v) is 6.87. The van der Waals surface area contributed by atoms with E-state index in [1.165, 1.54) is 22.8 Å². The van der Waals surface area contributed by atoms with Gasteiger partial charge in [-0.05, 0) is 48.7 Å². The number of hydrogen-bond acceptors (Lipinski definition) is 2. The highest BCUT2D eigenvalue weighted by molar-refractivity contribution is 6.07. The molecule has 0 saturated heterocycles. The summed E-state index contributed by atoms with van der Waals surface area (Å²) >= 11 is 0. The minimum absolute atomic E-state index is 0.0624. The smallest absolute Gasteiger partial charge is 0.260 e. The summed E-state index contributed by atoms with van der Waals surface area (Å²) in [5, 5.41) is 0. The van der Waals surface area contributed by atoms with Gasteiger partial charge in [0.25, 0.3) is 11.5 Å². The number of carbonyl (C=O) groups is 1. The molecule has 0 N–H and O–H groups in total. The zero-order valence-corrected chi connectivity index (χ0v) is 14.9. The maximum Gasteiger partial charge on any atom is 0.260 e. The largest absolute Gasteiger partial charge is 0.310 e. The average Bonchev–Trinajstić information content (AvgIpc) is 3.00. The highest BCUT2D eigenvalue weighted by Crippen LogP contribution is 2.32. The van der Waals surface area contributed by atoms with E-state index in [0.29, 0.717) is 5.56 Å². The van der Waals surface area contributed by atoms with Crippen molar-refractivity contribution in [2.75, 3.05) is 4.90 Å². The van der Waals surface area contributed by atoms with Gasteiger partial charge in [-0.2, -0.15) is 0 Å². The molecule has 27 heavy (non-hydrogen) atoms. The first-order valence-electron chi connectivity index (χ1n) is 8.89. The molecule has 4 nitrogen and oxygen atoms in total. The molecule has 0 unspecified atom stereocenters. The Morgan fingerprint density at radius 3 is 2.59 bits per heavy atom. The number of aromatic nitrogens is 1. The lowest BCUT2D eigenvalue weighted by Crippen LogP contribution is -2.36. The van der Waals surface area contributed by atoms with Crippen LogP contribution in [0.15, 0.2) is 71.7 Å². The van der Waals surface area contributed by atoms with Gasteiger partial charge in [-0.25, -0.2) is 4.39 Å². The zero-order valence-electron chi connectivity index (χ0n) is 14.9. The van der Waals surface area contributed by atoms with Gasteiger partial charge in [-0.3, -0.25) is 9.59 Å². The zero-order chi connectivity index (χ0) is 19.0. The summed E-state index contributed by atoms with van der Waals surface area (Å²) in [6.45, 7) is 2.30. The predicted octanol–water partition coefficient (Wildman–Crippen LogP) is 3.63. The molecule has 0 spiro atoms. The lowest BCUT2D eigenvalue weighted by molar-refractivity contribution is 0.0980. The van der Waals surface area contributed by atoms with Crippen molar-refractivity contribution in [3.05, 3.63) is 99.7 Å². The Morgan fingerprint density at radius 1 is 1.07 bits per heavy atom. The molecule has 1 aliphatic heterocycles. The fraction of sp³-hybridized carbons (Fsp3) is 0.182. The van der Waals surface area contributed by atoms with Crippen molar-refractivity contribution >= 4 is 11.6 Å². The maximum absolute atomic E-state index is 13.1. The van der Waals surface area contributed by atoms with Crippen molar-refractivity contribution in [1.82, 2.24) is 4.57 Å². The Morgan fingerprint density at radius 2 is 1.81 bits per heavy atom. The van der Waals surface area contributed by atoms with Crippen molar-refractivity contribution in [3.63, 3.8) is 0 Å². The van der Waals surface area contributed by atoms with E-state index in [-0.39, 0.29) is 29.9 Å². The SMILES string of the molecule is C[C@H]1Cc2ccccc2N1C(=O)c1ccc(=O)n(Cc2ccc(F)cc2)c1. The van der Waals surface area contributed by atoms with Crippen LogP contribution in [0, 0.1) is 5.82 Å². The molecule has 1 aromatic heterocycles. The Bertz CT molecular complexity index is 1060. The number of pyridine rings is 1. The van der Waals surface area contributed by atoms with Crippen molar-refractivity contribution in [2.45, 2.75) is 25.9 Å². The topological polar surface area (TPSA) is 42.3 Å². The molecule has 2 aromatic carbocycles. The highest BCUT2D eigenvalue weighted by Gasteiger charge is 2.31. The summed E-state index contributed by atoms with van der Waals surface area (Å²) in [6.07, 6.45) is 2.40. The van der Waals surface area contributed by atoms with Gasteiger partial charge in [0.05, 0.1) is 12.1 Å². The van der Waals surface area contributed by atoms with E-state index in [2.05, 4.69) is 0 Å². The quantitative estimate of drug-likeness (QED) is 0.714. The summed E-state index contributed by atoms with van der Waals surface area (Å²) < 4.78 is 14.6. The van der Waals surface area contributed by atoms with Gasteiger partial charge in [0.2, 0.25) is 0 Å². The first kappa shape index (κ1) is 17.2. The van der Waals surface area contributed by atoms with E-state index in [1.54, 1.807) is 29.3 Å². The van der Waals surface area contributed by atoms with Crippen molar-refractivity contribution in [2.24, 2.45) is 0 Å². The van der Waals surface area contributed by atoms with Crippen LogP contribution in [0.3, 0.4) is 0 Å². The third-order valence-corrected chi connectivity index (χ3v) is 4.92. The van der Waals surface area contributed by atoms with Crippen LogP contribution >= 0.6 is 0 Å². The van der Waals surface area contributed by atoms with Crippen LogP contribution in [0.25, 0.3) is 0 Å². The molecular formula is C22H19FN2O2. The molecule has 2 heterocycles. The van der Waals surface area contributed by atoms with Crippen molar-refractivity contribution in [1.29, 1.82) is 0 Å². The van der Waals surface area contributed by atoms with Crippen LogP contribution in [0.5, 0.6) is 0 Å². The van der Waals surface area contributed by atoms with Crippen LogP contribution in [0.2, 0.25) is 0 Å². The second kappa shape index (κ2) is 6.83. The van der Waals surface area contributed by atoms with Gasteiger partial charge < -0.3 is 9.47 Å². The predicted molar refractivity (Wildman–Crippen MR) is 103 cm³/mol. The van der Waals surface area contributed by atoms with E-state index in [4.69, 9.17) is 0 Å². The third kappa shape index (κ3) is 3.28. The van der Waals surface area contributed by atoms with E-state index >= 15 is 0 Å². The second-order valence-electron chi connectivity index (χ2n) is 6.87. The van der Waals surface area contributed by atoms with E-state index in [1.807, 2.05) is 31.2 Å². The number of anilines is 1. The number of fused-ring (bicyclic) bond motifs is 1. The monoisotopic (exact) mass is 362 g/mol. The lowest BCUT2D eigenvalue weighted by atomic mass is 10.1. The number of rotatable bonds is 3. The molecule has 0 bridgehead atoms. The minimum Gasteiger partial charge on any atom is -0.310 e. The normalized spacial score (nSPS) is 15.6. The number of hydrogen-bond donors (Lipinski definition) is 0. The Balaban J connectivity index is 1.65. The van der Waals surface area contributed by atoms with Crippen LogP contribution in [-0.4, -0.2) is 16.5 Å². The first-order chi connectivity index (χ1) is 13.0. The van der Waals surface area contributed by atoms with Gasteiger partial charge in [0, 0.05) is 24.0 Å². The van der Waals surface area contributed by atoms with Crippen molar-refractivity contribution < 1.29 is 9.18 Å². The molecule has 0 radical (unpaired) electrons. The van der Waals surface area contributed by atoms with Crippen LogP contribution in [0.1, 0.15) is 28.4 Å². The fourth-order valence-corrected chi connectivity index (χ4v) is 3.58. The van der Waals surface area contributed by atoms with Gasteiger partial charge in [-0.15, -0.1) is 0 Å². The highest BCUT2D eigenvalue weighted by atomic mass is 19.1. The maximum atomic E-state index is 13.1. The molecule has 0 saturated carbocycles. The summed E-state index contributed by atoms with van der Waals surface area (Å²) in [5.74, 6) is -0.447. The molecule has 4 rings (SSSR count). The molecule has 1 atom stereocenters. The molecule has 1 aliphatic rings. The van der Waals surface area contributed by atoms with Gasteiger partial charge in [0.15, 0.2) is 0 Å². The molecular weight excluding hydrogens is 343 g/mol. The van der Waals surface area contributed by atoms with Crippen LogP contribution < -0.4 is 10.5 Å². The van der Waals surface area contributed by atoms with E-state index < -0.39 is 0 Å². The Labute approximate surface area is 156 Å². The molecule has 1 amide bonds. The molecule has 5 heteroatoms. The van der Waals surface area contributed by atoms with Gasteiger partial charge in [0.1, 0.15) is 5.82 Å². The summed E-state index contributed by atoms with van der Waals surface area (Å²) in [6, 6.07) is 16.9. The lowest BCUT2D eigenvalue weighted by Gasteiger charge is -2.23. The van der Waals surface area contributed by atoms with Crippen LogP contribution in [-0.2, 0) is 13.0 Å². The van der Waals surface area contributed by atoms with E-state index in [0.717, 1.165) is 23.2 Å². The number of para-hydroxylation sites is 1. The van der Waals surface area contributed by atoms with Crippen LogP contribution in [0.4, 0.5) is 10.1 Å². The number of amides is 1. The number of nitrogens with zero attached hydrogens (tertiary/aromatic N) is 2. The minimum atomic E-state index is -0.322. The first-order valence-corrected chi connectivity index (χ1v) is 8.89. The molecule has 3 aromatic rings. The standard InChI is InChI=1S/C22H19FN2O2/c1-15-12-17-4-2-3-5-20(17)25(15)22(27)18-8-11-21(26)24(14-18)13-16-6-9-19(23)10-7-16/h2-11,14-15H,12-13H2,1H3/t15-/m0/s1. The number of carbonyl (C=O) groups excluding carboxylic acids is 1. The number of halogens is 1. The van der Waals surface area contributed by atoms with Gasteiger partial charge >= 0.3 is 0 Å². The Hall–Kier alpha value is -3.21. The van der Waals surface area contributed by atoms with E-state index in [9.17, 15) is 14.0 Å². The fourth-order valence-electron chi connectivity index (χ4n) is 3.58. The molecule has 0 aliphatic carbocycles. The molecule has 136 valence electrons. The summed E-state index contributed by atoms with van der Waals surface area (Å²) in [7, 11) is 0.